The Bertz CT molecular complexity index is 899. The number of rotatable bonds is 2. The minimum atomic E-state index is -5.64. The standard InChI is InChI=1S/C19H9BrF7N/c20-12-5-1-11(2-6-12)16-14(10-3-7-13(21)8-4-10)9-15(28-16)17(18(22,23)24)19(25,26)27/h1-9H. The predicted molar refractivity (Wildman–Crippen MR) is 94.2 cm³/mol. The maximum atomic E-state index is 13.2. The van der Waals surface area contributed by atoms with E-state index in [4.69, 9.17) is 0 Å². The molecule has 1 aliphatic heterocycles. The van der Waals surface area contributed by atoms with Crippen molar-refractivity contribution in [3.63, 3.8) is 0 Å². The molecule has 3 rings (SSSR count). The van der Waals surface area contributed by atoms with Crippen LogP contribution in [0, 0.1) is 5.82 Å². The van der Waals surface area contributed by atoms with Crippen LogP contribution in [0.5, 0.6) is 0 Å². The van der Waals surface area contributed by atoms with Crippen molar-refractivity contribution in [3.05, 3.63) is 87.3 Å². The summed E-state index contributed by atoms with van der Waals surface area (Å²) in [5.74, 6) is -0.591. The van der Waals surface area contributed by atoms with Gasteiger partial charge in [-0.15, -0.1) is 0 Å². The molecule has 9 heteroatoms. The molecule has 0 fully saturated rings. The number of benzene rings is 2. The van der Waals surface area contributed by atoms with E-state index in [1.54, 1.807) is 12.1 Å². The zero-order valence-corrected chi connectivity index (χ0v) is 15.3. The largest absolute Gasteiger partial charge is 0.423 e. The monoisotopic (exact) mass is 463 g/mol. The zero-order chi connectivity index (χ0) is 20.7. The Kier molecular flexibility index (Phi) is 5.22. The summed E-state index contributed by atoms with van der Waals surface area (Å²) in [5, 5.41) is 0. The van der Waals surface area contributed by atoms with Crippen LogP contribution in [-0.4, -0.2) is 18.1 Å². The van der Waals surface area contributed by atoms with Gasteiger partial charge >= 0.3 is 12.4 Å². The van der Waals surface area contributed by atoms with E-state index in [-0.39, 0.29) is 16.8 Å². The number of halogens is 8. The van der Waals surface area contributed by atoms with E-state index in [0.717, 1.165) is 18.2 Å². The average Bonchev–Trinajstić information content (AvgIpc) is 2.97. The summed E-state index contributed by atoms with van der Waals surface area (Å²) < 4.78 is 92.5. The normalized spacial score (nSPS) is 14.8. The highest BCUT2D eigenvalue weighted by molar-refractivity contribution is 9.10. The number of allylic oxidation sites excluding steroid dienone is 3. The maximum absolute atomic E-state index is 13.2. The highest BCUT2D eigenvalue weighted by atomic mass is 79.9. The van der Waals surface area contributed by atoms with Crippen LogP contribution in [0.1, 0.15) is 11.1 Å². The van der Waals surface area contributed by atoms with E-state index in [1.165, 1.54) is 24.3 Å². The summed E-state index contributed by atoms with van der Waals surface area (Å²) in [6.07, 6.45) is -10.6. The molecule has 28 heavy (non-hydrogen) atoms. The fraction of sp³-hybridized carbons (Fsp3) is 0.105. The topological polar surface area (TPSA) is 12.4 Å². The fourth-order valence-corrected chi connectivity index (χ4v) is 2.94. The summed E-state index contributed by atoms with van der Waals surface area (Å²) in [4.78, 5) is 3.66. The molecule has 0 bridgehead atoms. The summed E-state index contributed by atoms with van der Waals surface area (Å²) >= 11 is 3.21. The SMILES string of the molecule is Fc1ccc(C2=CC(=C(C(F)(F)F)C(F)(F)F)N=C2c2ccc(Br)cc2)cc1. The van der Waals surface area contributed by atoms with Gasteiger partial charge in [-0.05, 0) is 35.9 Å². The first-order valence-electron chi connectivity index (χ1n) is 7.68. The smallest absolute Gasteiger partial charge is 0.247 e. The van der Waals surface area contributed by atoms with E-state index in [2.05, 4.69) is 20.9 Å². The fourth-order valence-electron chi connectivity index (χ4n) is 2.67. The number of aliphatic imine (C=N–C) groups is 1. The first kappa shape index (κ1) is 20.3. The molecule has 0 saturated heterocycles. The van der Waals surface area contributed by atoms with Gasteiger partial charge in [0.1, 0.15) is 5.82 Å². The minimum absolute atomic E-state index is 0.0309. The molecular weight excluding hydrogens is 455 g/mol. The average molecular weight is 464 g/mol. The first-order chi connectivity index (χ1) is 13.0. The van der Waals surface area contributed by atoms with E-state index >= 15 is 0 Å². The maximum Gasteiger partial charge on any atom is 0.423 e. The Morgan fingerprint density at radius 1 is 0.750 bits per heavy atom. The van der Waals surface area contributed by atoms with Gasteiger partial charge in [-0.1, -0.05) is 40.2 Å². The highest BCUT2D eigenvalue weighted by Gasteiger charge is 2.53. The van der Waals surface area contributed by atoms with Crippen LogP contribution < -0.4 is 0 Å². The molecular formula is C19H9BrF7N. The van der Waals surface area contributed by atoms with Crippen LogP contribution >= 0.6 is 15.9 Å². The number of alkyl halides is 6. The Hall–Kier alpha value is -2.42. The summed E-state index contributed by atoms with van der Waals surface area (Å²) in [6, 6.07) is 10.8. The van der Waals surface area contributed by atoms with Gasteiger partial charge in [-0.2, -0.15) is 26.3 Å². The van der Waals surface area contributed by atoms with Crippen molar-refractivity contribution in [2.45, 2.75) is 12.4 Å². The van der Waals surface area contributed by atoms with Crippen LogP contribution in [0.2, 0.25) is 0 Å². The Morgan fingerprint density at radius 3 is 1.75 bits per heavy atom. The van der Waals surface area contributed by atoms with Gasteiger partial charge in [0.05, 0.1) is 11.4 Å². The lowest BCUT2D eigenvalue weighted by atomic mass is 9.96. The molecule has 1 aliphatic rings. The second-order valence-corrected chi connectivity index (χ2v) is 6.70. The number of hydrogen-bond acceptors (Lipinski definition) is 1. The van der Waals surface area contributed by atoms with Crippen molar-refractivity contribution in [2.24, 2.45) is 4.99 Å². The quantitative estimate of drug-likeness (QED) is 0.431. The lowest BCUT2D eigenvalue weighted by Gasteiger charge is -2.15. The molecule has 0 radical (unpaired) electrons. The molecule has 0 aliphatic carbocycles. The summed E-state index contributed by atoms with van der Waals surface area (Å²) in [6.45, 7) is 0. The minimum Gasteiger partial charge on any atom is -0.247 e. The second kappa shape index (κ2) is 7.20. The third kappa shape index (κ3) is 4.19. The van der Waals surface area contributed by atoms with Crippen LogP contribution in [0.4, 0.5) is 30.7 Å². The number of hydrogen-bond donors (Lipinski definition) is 0. The molecule has 0 unspecified atom stereocenters. The highest BCUT2D eigenvalue weighted by Crippen LogP contribution is 2.44. The molecule has 0 atom stereocenters. The molecule has 0 amide bonds. The molecule has 0 N–H and O–H groups in total. The van der Waals surface area contributed by atoms with Crippen LogP contribution in [0.3, 0.4) is 0 Å². The van der Waals surface area contributed by atoms with Crippen molar-refractivity contribution in [2.75, 3.05) is 0 Å². The van der Waals surface area contributed by atoms with Crippen molar-refractivity contribution in [3.8, 4) is 0 Å². The zero-order valence-electron chi connectivity index (χ0n) is 13.7. The molecule has 146 valence electrons. The van der Waals surface area contributed by atoms with E-state index in [0.29, 0.717) is 10.0 Å². The van der Waals surface area contributed by atoms with Gasteiger partial charge in [-0.25, -0.2) is 9.38 Å². The molecule has 2 aromatic carbocycles. The van der Waals surface area contributed by atoms with Gasteiger partial charge in [0.25, 0.3) is 0 Å². The Balaban J connectivity index is 2.26. The van der Waals surface area contributed by atoms with Crippen molar-refractivity contribution >= 4 is 27.2 Å². The molecule has 0 spiro atoms. The summed E-state index contributed by atoms with van der Waals surface area (Å²) in [7, 11) is 0. The van der Waals surface area contributed by atoms with Crippen molar-refractivity contribution < 1.29 is 30.7 Å². The lowest BCUT2D eigenvalue weighted by molar-refractivity contribution is -0.172. The second-order valence-electron chi connectivity index (χ2n) is 5.79. The van der Waals surface area contributed by atoms with Crippen LogP contribution in [-0.2, 0) is 0 Å². The molecule has 0 aromatic heterocycles. The molecule has 1 heterocycles. The van der Waals surface area contributed by atoms with Crippen molar-refractivity contribution in [1.29, 1.82) is 0 Å². The molecule has 1 nitrogen and oxygen atoms in total. The van der Waals surface area contributed by atoms with E-state index in [1.807, 2.05) is 0 Å². The van der Waals surface area contributed by atoms with Gasteiger partial charge in [-0.3, -0.25) is 0 Å². The molecule has 2 aromatic rings. The third-order valence-electron chi connectivity index (χ3n) is 3.86. The van der Waals surface area contributed by atoms with Crippen LogP contribution in [0.15, 0.2) is 75.3 Å². The predicted octanol–water partition coefficient (Wildman–Crippen LogP) is 6.85. The first-order valence-corrected chi connectivity index (χ1v) is 8.47. The number of nitrogens with zero attached hydrogens (tertiary/aromatic N) is 1. The van der Waals surface area contributed by atoms with Gasteiger partial charge in [0, 0.05) is 15.6 Å². The third-order valence-corrected chi connectivity index (χ3v) is 4.39. The van der Waals surface area contributed by atoms with Gasteiger partial charge < -0.3 is 0 Å². The Morgan fingerprint density at radius 2 is 1.25 bits per heavy atom. The summed E-state index contributed by atoms with van der Waals surface area (Å²) in [5.41, 5.74) is -3.41. The van der Waals surface area contributed by atoms with E-state index in [9.17, 15) is 30.7 Å². The van der Waals surface area contributed by atoms with Crippen LogP contribution in [0.25, 0.3) is 5.57 Å². The van der Waals surface area contributed by atoms with Gasteiger partial charge in [0.2, 0.25) is 0 Å². The Labute approximate surface area is 163 Å². The lowest BCUT2D eigenvalue weighted by Crippen LogP contribution is -2.27. The molecule has 0 saturated carbocycles. The van der Waals surface area contributed by atoms with Crippen molar-refractivity contribution in [1.82, 2.24) is 0 Å². The van der Waals surface area contributed by atoms with Gasteiger partial charge in [0.15, 0.2) is 5.57 Å². The van der Waals surface area contributed by atoms with E-state index < -0.39 is 29.4 Å².